The van der Waals surface area contributed by atoms with Crippen LogP contribution in [-0.4, -0.2) is 49.9 Å². The van der Waals surface area contributed by atoms with E-state index in [0.29, 0.717) is 26.4 Å². The monoisotopic (exact) mass is 178 g/mol. The van der Waals surface area contributed by atoms with Crippen LogP contribution in [0.15, 0.2) is 0 Å². The van der Waals surface area contributed by atoms with Gasteiger partial charge in [-0.15, -0.1) is 0 Å². The molecule has 0 saturated heterocycles. The number of hydrogen-bond acceptors (Lipinski definition) is 4. The highest BCUT2D eigenvalue weighted by molar-refractivity contribution is 4.45. The van der Waals surface area contributed by atoms with Crippen molar-refractivity contribution in [1.82, 2.24) is 0 Å². The van der Waals surface area contributed by atoms with Crippen LogP contribution in [0.25, 0.3) is 0 Å². The SMILES string of the molecule is CC(CO)COCCOCCO. The van der Waals surface area contributed by atoms with E-state index in [0.717, 1.165) is 0 Å². The number of aliphatic hydroxyl groups excluding tert-OH is 2. The fraction of sp³-hybridized carbons (Fsp3) is 1.00. The van der Waals surface area contributed by atoms with E-state index in [1.807, 2.05) is 6.92 Å². The summed E-state index contributed by atoms with van der Waals surface area (Å²) in [7, 11) is 0. The van der Waals surface area contributed by atoms with E-state index in [4.69, 9.17) is 19.7 Å². The highest BCUT2D eigenvalue weighted by atomic mass is 16.5. The van der Waals surface area contributed by atoms with E-state index < -0.39 is 0 Å². The highest BCUT2D eigenvalue weighted by Gasteiger charge is 1.98. The van der Waals surface area contributed by atoms with Gasteiger partial charge in [0.2, 0.25) is 0 Å². The van der Waals surface area contributed by atoms with Gasteiger partial charge < -0.3 is 19.7 Å². The molecule has 0 saturated carbocycles. The molecule has 0 aliphatic carbocycles. The maximum Gasteiger partial charge on any atom is 0.0701 e. The van der Waals surface area contributed by atoms with Gasteiger partial charge in [0.25, 0.3) is 0 Å². The molecule has 4 nitrogen and oxygen atoms in total. The Labute approximate surface area is 73.1 Å². The predicted octanol–water partition coefficient (Wildman–Crippen LogP) is -0.360. The fourth-order valence-electron chi connectivity index (χ4n) is 0.622. The van der Waals surface area contributed by atoms with Crippen LogP contribution in [-0.2, 0) is 9.47 Å². The van der Waals surface area contributed by atoms with Crippen LogP contribution in [0.3, 0.4) is 0 Å². The molecule has 0 aliphatic rings. The standard InChI is InChI=1S/C8H18O4/c1-8(6-10)7-12-5-4-11-3-2-9/h8-10H,2-7H2,1H3. The summed E-state index contributed by atoms with van der Waals surface area (Å²) in [6, 6.07) is 0. The maximum absolute atomic E-state index is 8.63. The molecule has 0 aliphatic heterocycles. The first-order valence-corrected chi connectivity index (χ1v) is 4.18. The van der Waals surface area contributed by atoms with E-state index in [-0.39, 0.29) is 19.1 Å². The van der Waals surface area contributed by atoms with Gasteiger partial charge in [0.15, 0.2) is 0 Å². The van der Waals surface area contributed by atoms with Gasteiger partial charge in [0, 0.05) is 12.5 Å². The molecular weight excluding hydrogens is 160 g/mol. The largest absolute Gasteiger partial charge is 0.396 e. The van der Waals surface area contributed by atoms with Gasteiger partial charge in [-0.1, -0.05) is 6.92 Å². The zero-order chi connectivity index (χ0) is 9.23. The van der Waals surface area contributed by atoms with Gasteiger partial charge in [-0.05, 0) is 0 Å². The molecule has 0 rings (SSSR count). The van der Waals surface area contributed by atoms with Gasteiger partial charge in [-0.3, -0.25) is 0 Å². The normalized spacial score (nSPS) is 13.2. The first-order valence-electron chi connectivity index (χ1n) is 4.18. The van der Waals surface area contributed by atoms with E-state index in [9.17, 15) is 0 Å². The molecule has 12 heavy (non-hydrogen) atoms. The molecule has 4 heteroatoms. The van der Waals surface area contributed by atoms with Crippen LogP contribution in [0.2, 0.25) is 0 Å². The van der Waals surface area contributed by atoms with Crippen LogP contribution in [0, 0.1) is 5.92 Å². The zero-order valence-electron chi connectivity index (χ0n) is 7.53. The number of aliphatic hydroxyl groups is 2. The van der Waals surface area contributed by atoms with Crippen LogP contribution < -0.4 is 0 Å². The minimum atomic E-state index is 0.0487. The summed E-state index contributed by atoms with van der Waals surface area (Å²) in [5, 5.41) is 17.0. The lowest BCUT2D eigenvalue weighted by Crippen LogP contribution is -2.13. The summed E-state index contributed by atoms with van der Waals surface area (Å²) in [6.07, 6.45) is 0. The molecular formula is C8H18O4. The van der Waals surface area contributed by atoms with Crippen molar-refractivity contribution in [2.45, 2.75) is 6.92 Å². The van der Waals surface area contributed by atoms with Crippen molar-refractivity contribution in [3.8, 4) is 0 Å². The molecule has 0 aromatic carbocycles. The second kappa shape index (κ2) is 8.93. The minimum absolute atomic E-state index is 0.0487. The molecule has 0 aromatic heterocycles. The third-order valence-electron chi connectivity index (χ3n) is 1.32. The molecule has 0 spiro atoms. The predicted molar refractivity (Wildman–Crippen MR) is 45.0 cm³/mol. The zero-order valence-corrected chi connectivity index (χ0v) is 7.53. The molecule has 0 radical (unpaired) electrons. The Morgan fingerprint density at radius 3 is 2.33 bits per heavy atom. The number of hydrogen-bond donors (Lipinski definition) is 2. The van der Waals surface area contributed by atoms with Gasteiger partial charge in [-0.2, -0.15) is 0 Å². The Balaban J connectivity index is 2.90. The second-order valence-corrected chi connectivity index (χ2v) is 2.70. The Bertz CT molecular complexity index is 87.1. The van der Waals surface area contributed by atoms with E-state index in [1.165, 1.54) is 0 Å². The lowest BCUT2D eigenvalue weighted by atomic mass is 10.2. The van der Waals surface area contributed by atoms with Gasteiger partial charge in [0.1, 0.15) is 0 Å². The Morgan fingerprint density at radius 1 is 1.08 bits per heavy atom. The second-order valence-electron chi connectivity index (χ2n) is 2.70. The molecule has 0 fully saturated rings. The fourth-order valence-corrected chi connectivity index (χ4v) is 0.622. The van der Waals surface area contributed by atoms with Gasteiger partial charge in [-0.25, -0.2) is 0 Å². The van der Waals surface area contributed by atoms with Crippen molar-refractivity contribution < 1.29 is 19.7 Å². The van der Waals surface area contributed by atoms with Crippen LogP contribution in [0.1, 0.15) is 6.92 Å². The van der Waals surface area contributed by atoms with Crippen molar-refractivity contribution >= 4 is 0 Å². The first kappa shape index (κ1) is 11.8. The molecule has 1 atom stereocenters. The number of rotatable bonds is 8. The quantitative estimate of drug-likeness (QED) is 0.498. The van der Waals surface area contributed by atoms with Crippen molar-refractivity contribution in [2.75, 3.05) is 39.6 Å². The topological polar surface area (TPSA) is 58.9 Å². The smallest absolute Gasteiger partial charge is 0.0701 e. The molecule has 1 unspecified atom stereocenters. The molecule has 74 valence electrons. The van der Waals surface area contributed by atoms with E-state index >= 15 is 0 Å². The van der Waals surface area contributed by atoms with Crippen LogP contribution in [0.5, 0.6) is 0 Å². The lowest BCUT2D eigenvalue weighted by Gasteiger charge is -2.08. The average Bonchev–Trinajstić information content (AvgIpc) is 2.10. The maximum atomic E-state index is 8.63. The average molecular weight is 178 g/mol. The minimum Gasteiger partial charge on any atom is -0.396 e. The Hall–Kier alpha value is -0.160. The summed E-state index contributed by atoms with van der Waals surface area (Å²) in [4.78, 5) is 0. The number of ether oxygens (including phenoxy) is 2. The summed E-state index contributed by atoms with van der Waals surface area (Å²) in [6.45, 7) is 4.04. The molecule has 0 heterocycles. The van der Waals surface area contributed by atoms with Crippen molar-refractivity contribution in [3.63, 3.8) is 0 Å². The molecule has 0 bridgehead atoms. The van der Waals surface area contributed by atoms with E-state index in [1.54, 1.807) is 0 Å². The van der Waals surface area contributed by atoms with Crippen LogP contribution >= 0.6 is 0 Å². The Kier molecular flexibility index (Phi) is 8.81. The van der Waals surface area contributed by atoms with Crippen molar-refractivity contribution in [2.24, 2.45) is 5.92 Å². The first-order chi connectivity index (χ1) is 5.81. The van der Waals surface area contributed by atoms with Crippen molar-refractivity contribution in [3.05, 3.63) is 0 Å². The molecule has 0 amide bonds. The van der Waals surface area contributed by atoms with Gasteiger partial charge >= 0.3 is 0 Å². The van der Waals surface area contributed by atoms with Crippen molar-refractivity contribution in [1.29, 1.82) is 0 Å². The Morgan fingerprint density at radius 2 is 1.75 bits per heavy atom. The summed E-state index contributed by atoms with van der Waals surface area (Å²) >= 11 is 0. The van der Waals surface area contributed by atoms with E-state index in [2.05, 4.69) is 0 Å². The summed E-state index contributed by atoms with van der Waals surface area (Å²) in [5.74, 6) is 0.183. The molecule has 0 aromatic rings. The van der Waals surface area contributed by atoms with Crippen LogP contribution in [0.4, 0.5) is 0 Å². The third-order valence-corrected chi connectivity index (χ3v) is 1.32. The summed E-state index contributed by atoms with van der Waals surface area (Å²) < 4.78 is 10.1. The lowest BCUT2D eigenvalue weighted by molar-refractivity contribution is 0.0172. The molecule has 2 N–H and O–H groups in total. The highest BCUT2D eigenvalue weighted by Crippen LogP contribution is 1.92. The van der Waals surface area contributed by atoms with Gasteiger partial charge in [0.05, 0.1) is 33.0 Å². The third kappa shape index (κ3) is 7.94. The summed E-state index contributed by atoms with van der Waals surface area (Å²) in [5.41, 5.74) is 0.